The maximum absolute atomic E-state index is 13.3. The van der Waals surface area contributed by atoms with E-state index in [9.17, 15) is 4.39 Å². The van der Waals surface area contributed by atoms with E-state index in [1.807, 2.05) is 6.07 Å². The van der Waals surface area contributed by atoms with Crippen LogP contribution in [0.2, 0.25) is 0 Å². The molecule has 0 saturated carbocycles. The maximum Gasteiger partial charge on any atom is 0.124 e. The normalized spacial score (nSPS) is 11.8. The molecule has 0 N–H and O–H groups in total. The number of hydrogen-bond acceptors (Lipinski definition) is 0. The number of rotatable bonds is 5. The molecule has 1 aromatic rings. The quantitative estimate of drug-likeness (QED) is 0.629. The van der Waals surface area contributed by atoms with E-state index in [1.165, 1.54) is 6.07 Å². The van der Waals surface area contributed by atoms with Crippen molar-refractivity contribution in [3.63, 3.8) is 0 Å². The van der Waals surface area contributed by atoms with Crippen molar-refractivity contribution >= 4 is 31.9 Å². The summed E-state index contributed by atoms with van der Waals surface area (Å²) < 4.78 is 14.1. The first-order valence-electron chi connectivity index (χ1n) is 5.56. The van der Waals surface area contributed by atoms with Gasteiger partial charge in [-0.15, -0.1) is 0 Å². The molecule has 1 rings (SSSR count). The number of benzene rings is 1. The lowest BCUT2D eigenvalue weighted by Crippen LogP contribution is -2.23. The van der Waals surface area contributed by atoms with Crippen molar-refractivity contribution in [1.82, 2.24) is 0 Å². The van der Waals surface area contributed by atoms with E-state index < -0.39 is 0 Å². The summed E-state index contributed by atoms with van der Waals surface area (Å²) in [6, 6.07) is 5.14. The Balaban J connectivity index is 2.93. The second-order valence-electron chi connectivity index (χ2n) is 4.30. The van der Waals surface area contributed by atoms with Crippen molar-refractivity contribution in [2.45, 2.75) is 33.1 Å². The van der Waals surface area contributed by atoms with Crippen LogP contribution in [0.1, 0.15) is 32.3 Å². The molecule has 0 bridgehead atoms. The molecule has 0 aliphatic heterocycles. The van der Waals surface area contributed by atoms with Crippen LogP contribution in [0.15, 0.2) is 22.7 Å². The van der Waals surface area contributed by atoms with Gasteiger partial charge in [-0.1, -0.05) is 45.7 Å². The lowest BCUT2D eigenvalue weighted by atomic mass is 9.79. The fourth-order valence-electron chi connectivity index (χ4n) is 1.88. The highest BCUT2D eigenvalue weighted by molar-refractivity contribution is 9.10. The molecule has 0 saturated heterocycles. The molecular weight excluding hydrogens is 335 g/mol. The second kappa shape index (κ2) is 6.15. The highest BCUT2D eigenvalue weighted by Gasteiger charge is 2.25. The van der Waals surface area contributed by atoms with E-state index >= 15 is 0 Å². The van der Waals surface area contributed by atoms with Gasteiger partial charge in [-0.2, -0.15) is 0 Å². The minimum absolute atomic E-state index is 0.167. The second-order valence-corrected chi connectivity index (χ2v) is 5.77. The Morgan fingerprint density at radius 1 is 1.19 bits per heavy atom. The summed E-state index contributed by atoms with van der Waals surface area (Å²) in [7, 11) is 0. The van der Waals surface area contributed by atoms with Crippen LogP contribution in [0.4, 0.5) is 4.39 Å². The molecule has 1 aromatic carbocycles. The Morgan fingerprint density at radius 3 is 2.25 bits per heavy atom. The van der Waals surface area contributed by atoms with Crippen molar-refractivity contribution in [2.75, 3.05) is 5.33 Å². The van der Waals surface area contributed by atoms with E-state index in [4.69, 9.17) is 0 Å². The molecule has 0 spiro atoms. The van der Waals surface area contributed by atoms with Gasteiger partial charge in [-0.3, -0.25) is 0 Å². The predicted molar refractivity (Wildman–Crippen MR) is 74.6 cm³/mol. The first-order valence-corrected chi connectivity index (χ1v) is 7.47. The van der Waals surface area contributed by atoms with Gasteiger partial charge in [0.15, 0.2) is 0 Å². The van der Waals surface area contributed by atoms with Crippen molar-refractivity contribution in [3.8, 4) is 0 Å². The Bertz CT molecular complexity index is 317. The van der Waals surface area contributed by atoms with Crippen LogP contribution in [0, 0.1) is 11.2 Å². The first kappa shape index (κ1) is 14.2. The van der Waals surface area contributed by atoms with Crippen molar-refractivity contribution in [3.05, 3.63) is 34.1 Å². The number of hydrogen-bond donors (Lipinski definition) is 0. The zero-order valence-corrected chi connectivity index (χ0v) is 12.9. The van der Waals surface area contributed by atoms with Gasteiger partial charge < -0.3 is 0 Å². The summed E-state index contributed by atoms with van der Waals surface area (Å²) in [6.07, 6.45) is 3.12. The molecule has 0 atom stereocenters. The minimum atomic E-state index is -0.167. The number of halogens is 3. The van der Waals surface area contributed by atoms with Crippen LogP contribution < -0.4 is 0 Å². The van der Waals surface area contributed by atoms with Crippen LogP contribution >= 0.6 is 31.9 Å². The average Bonchev–Trinajstić information content (AvgIpc) is 2.25. The van der Waals surface area contributed by atoms with Crippen LogP contribution in [0.3, 0.4) is 0 Å². The monoisotopic (exact) mass is 350 g/mol. The SMILES string of the molecule is CCC(CC)(CBr)Cc1cc(F)cc(Br)c1. The molecule has 0 aromatic heterocycles. The van der Waals surface area contributed by atoms with Crippen LogP contribution in [0.25, 0.3) is 0 Å². The smallest absolute Gasteiger partial charge is 0.124 e. The summed E-state index contributed by atoms with van der Waals surface area (Å²) in [6.45, 7) is 4.39. The highest BCUT2D eigenvalue weighted by atomic mass is 79.9. The van der Waals surface area contributed by atoms with Gasteiger partial charge in [-0.05, 0) is 48.4 Å². The zero-order valence-electron chi connectivity index (χ0n) is 9.69. The highest BCUT2D eigenvalue weighted by Crippen LogP contribution is 2.33. The van der Waals surface area contributed by atoms with Crippen LogP contribution in [-0.2, 0) is 6.42 Å². The first-order chi connectivity index (χ1) is 7.55. The summed E-state index contributed by atoms with van der Waals surface area (Å²) >= 11 is 6.92. The third-order valence-electron chi connectivity index (χ3n) is 3.28. The van der Waals surface area contributed by atoms with E-state index in [0.29, 0.717) is 0 Å². The lowest BCUT2D eigenvalue weighted by molar-refractivity contribution is 0.306. The van der Waals surface area contributed by atoms with E-state index in [0.717, 1.165) is 34.6 Å². The molecule has 0 radical (unpaired) electrons. The molecule has 0 fully saturated rings. The van der Waals surface area contributed by atoms with Crippen LogP contribution in [-0.4, -0.2) is 5.33 Å². The predicted octanol–water partition coefficient (Wildman–Crippen LogP) is 5.33. The summed E-state index contributed by atoms with van der Waals surface area (Å²) in [4.78, 5) is 0. The van der Waals surface area contributed by atoms with Gasteiger partial charge in [-0.25, -0.2) is 4.39 Å². The largest absolute Gasteiger partial charge is 0.207 e. The van der Waals surface area contributed by atoms with Crippen molar-refractivity contribution in [2.24, 2.45) is 5.41 Å². The molecule has 3 heteroatoms. The fraction of sp³-hybridized carbons (Fsp3) is 0.538. The molecule has 0 amide bonds. The van der Waals surface area contributed by atoms with E-state index in [1.54, 1.807) is 6.07 Å². The molecule has 0 unspecified atom stereocenters. The molecule has 0 aliphatic rings. The van der Waals surface area contributed by atoms with Gasteiger partial charge >= 0.3 is 0 Å². The zero-order chi connectivity index (χ0) is 12.2. The van der Waals surface area contributed by atoms with E-state index in [-0.39, 0.29) is 11.2 Å². The van der Waals surface area contributed by atoms with Gasteiger partial charge in [0.1, 0.15) is 5.82 Å². The summed E-state index contributed by atoms with van der Waals surface area (Å²) in [5, 5.41) is 0.959. The van der Waals surface area contributed by atoms with Gasteiger partial charge in [0, 0.05) is 9.80 Å². The van der Waals surface area contributed by atoms with Crippen molar-refractivity contribution < 1.29 is 4.39 Å². The number of alkyl halides is 1. The Labute approximate surface area is 114 Å². The topological polar surface area (TPSA) is 0 Å². The van der Waals surface area contributed by atoms with Gasteiger partial charge in [0.25, 0.3) is 0 Å². The molecule has 90 valence electrons. The third-order valence-corrected chi connectivity index (χ3v) is 4.93. The molecule has 16 heavy (non-hydrogen) atoms. The Kier molecular flexibility index (Phi) is 5.45. The maximum atomic E-state index is 13.3. The summed E-state index contributed by atoms with van der Waals surface area (Å²) in [5.74, 6) is -0.167. The van der Waals surface area contributed by atoms with Crippen LogP contribution in [0.5, 0.6) is 0 Å². The van der Waals surface area contributed by atoms with Gasteiger partial charge in [0.2, 0.25) is 0 Å². The Morgan fingerprint density at radius 2 is 1.81 bits per heavy atom. The van der Waals surface area contributed by atoms with E-state index in [2.05, 4.69) is 45.7 Å². The molecule has 0 nitrogen and oxygen atoms in total. The molecule has 0 aliphatic carbocycles. The standard InChI is InChI=1S/C13H17Br2F/c1-3-13(4-2,9-14)8-10-5-11(15)7-12(16)6-10/h5-7H,3-4,8-9H2,1-2H3. The average molecular weight is 352 g/mol. The third kappa shape index (κ3) is 3.56. The summed E-state index contributed by atoms with van der Waals surface area (Å²) in [5.41, 5.74) is 1.31. The molecular formula is C13H17Br2F. The molecule has 0 heterocycles. The minimum Gasteiger partial charge on any atom is -0.207 e. The van der Waals surface area contributed by atoms with Crippen molar-refractivity contribution in [1.29, 1.82) is 0 Å². The van der Waals surface area contributed by atoms with Gasteiger partial charge in [0.05, 0.1) is 0 Å². The fourth-order valence-corrected chi connectivity index (χ4v) is 3.39. The Hall–Kier alpha value is 0.110. The lowest BCUT2D eigenvalue weighted by Gasteiger charge is -2.29.